The van der Waals surface area contributed by atoms with Crippen LogP contribution in [0.3, 0.4) is 0 Å². The van der Waals surface area contributed by atoms with Crippen LogP contribution < -0.4 is 15.4 Å². The molecule has 178 valence electrons. The van der Waals surface area contributed by atoms with Crippen molar-refractivity contribution in [3.05, 3.63) is 46.8 Å². The van der Waals surface area contributed by atoms with Crippen LogP contribution in [0.15, 0.2) is 46.8 Å². The van der Waals surface area contributed by atoms with Crippen molar-refractivity contribution in [3.63, 3.8) is 0 Å². The number of benzene rings is 1. The zero-order chi connectivity index (χ0) is 24.5. The number of carbonyl (C=O) groups is 4. The smallest absolute Gasteiger partial charge is 0.337 e. The number of ether oxygens (including phenoxy) is 4. The van der Waals surface area contributed by atoms with Crippen molar-refractivity contribution in [1.82, 2.24) is 5.32 Å². The lowest BCUT2D eigenvalue weighted by atomic mass is 9.85. The van der Waals surface area contributed by atoms with E-state index in [1.807, 2.05) is 0 Å². The minimum Gasteiger partial charge on any atom is -0.495 e. The first-order valence-electron chi connectivity index (χ1n) is 10.4. The third kappa shape index (κ3) is 6.12. The summed E-state index contributed by atoms with van der Waals surface area (Å²) in [5.74, 6) is -4.13. The predicted octanol–water partition coefficient (Wildman–Crippen LogP) is 2.07. The van der Waals surface area contributed by atoms with Crippen LogP contribution in [0.2, 0.25) is 0 Å². The highest BCUT2D eigenvalue weighted by Crippen LogP contribution is 2.32. The molecule has 2 N–H and O–H groups in total. The number of hydrogen-bond donors (Lipinski definition) is 2. The Morgan fingerprint density at radius 3 is 1.97 bits per heavy atom. The second-order valence-electron chi connectivity index (χ2n) is 6.93. The summed E-state index contributed by atoms with van der Waals surface area (Å²) in [6, 6.07) is 6.73. The molecule has 1 heterocycles. The number of anilines is 1. The fourth-order valence-corrected chi connectivity index (χ4v) is 3.34. The summed E-state index contributed by atoms with van der Waals surface area (Å²) in [5, 5.41) is 5.49. The van der Waals surface area contributed by atoms with Crippen molar-refractivity contribution in [2.45, 2.75) is 27.7 Å². The molecular weight excluding hydrogens is 432 g/mol. The Hall–Kier alpha value is -3.82. The minimum atomic E-state index is -1.41. The molecule has 0 bridgehead atoms. The highest BCUT2D eigenvalue weighted by molar-refractivity contribution is 6.06. The van der Waals surface area contributed by atoms with Gasteiger partial charge in [-0.1, -0.05) is 12.1 Å². The SMILES string of the molecule is CCOC(=O)C1=C(C)NC(C)=C(C(=O)OCC)C1C(=O)OCC(=O)Nc1ccccc1OC. The summed E-state index contributed by atoms with van der Waals surface area (Å²) in [6.07, 6.45) is 0. The van der Waals surface area contributed by atoms with Crippen molar-refractivity contribution < 1.29 is 38.1 Å². The molecule has 0 radical (unpaired) electrons. The van der Waals surface area contributed by atoms with Gasteiger partial charge in [0.25, 0.3) is 5.91 Å². The van der Waals surface area contributed by atoms with E-state index in [2.05, 4.69) is 10.6 Å². The molecule has 1 aromatic rings. The van der Waals surface area contributed by atoms with Crippen molar-refractivity contribution >= 4 is 29.5 Å². The van der Waals surface area contributed by atoms with Gasteiger partial charge in [0.2, 0.25) is 0 Å². The molecule has 0 unspecified atom stereocenters. The lowest BCUT2D eigenvalue weighted by Crippen LogP contribution is -2.39. The van der Waals surface area contributed by atoms with Crippen molar-refractivity contribution in [2.75, 3.05) is 32.2 Å². The maximum absolute atomic E-state index is 13.1. The van der Waals surface area contributed by atoms with E-state index in [0.29, 0.717) is 22.8 Å². The maximum Gasteiger partial charge on any atom is 0.337 e. The van der Waals surface area contributed by atoms with E-state index in [1.165, 1.54) is 7.11 Å². The van der Waals surface area contributed by atoms with Crippen LogP contribution in [-0.4, -0.2) is 50.7 Å². The Kier molecular flexibility index (Phi) is 9.02. The standard InChI is InChI=1S/C23H28N2O8/c1-6-31-21(27)18-13(3)24-14(4)19(22(28)32-7-2)20(18)23(29)33-12-17(26)25-15-10-8-9-11-16(15)30-5/h8-11,20,24H,6-7,12H2,1-5H3,(H,25,26). The molecule has 0 atom stereocenters. The Balaban J connectivity index is 2.27. The van der Waals surface area contributed by atoms with Crippen LogP contribution in [-0.2, 0) is 33.4 Å². The van der Waals surface area contributed by atoms with E-state index in [1.54, 1.807) is 52.0 Å². The summed E-state index contributed by atoms with van der Waals surface area (Å²) < 4.78 is 20.5. The molecule has 10 nitrogen and oxygen atoms in total. The molecule has 1 amide bonds. The van der Waals surface area contributed by atoms with E-state index in [-0.39, 0.29) is 24.4 Å². The van der Waals surface area contributed by atoms with Crippen molar-refractivity contribution in [1.29, 1.82) is 0 Å². The molecule has 0 fully saturated rings. The fourth-order valence-electron chi connectivity index (χ4n) is 3.34. The number of allylic oxidation sites excluding steroid dienone is 2. The van der Waals surface area contributed by atoms with Gasteiger partial charge in [0.15, 0.2) is 6.61 Å². The van der Waals surface area contributed by atoms with Gasteiger partial charge in [-0.25, -0.2) is 9.59 Å². The second kappa shape index (κ2) is 11.7. The third-order valence-electron chi connectivity index (χ3n) is 4.71. The molecule has 1 aliphatic rings. The van der Waals surface area contributed by atoms with Gasteiger partial charge in [-0.15, -0.1) is 0 Å². The lowest BCUT2D eigenvalue weighted by molar-refractivity contribution is -0.153. The number of para-hydroxylation sites is 2. The van der Waals surface area contributed by atoms with E-state index < -0.39 is 36.3 Å². The number of dihydropyridines is 1. The number of amides is 1. The quantitative estimate of drug-likeness (QED) is 0.420. The summed E-state index contributed by atoms with van der Waals surface area (Å²) in [5.41, 5.74) is 0.897. The Bertz CT molecular complexity index is 956. The molecule has 0 spiro atoms. The summed E-state index contributed by atoms with van der Waals surface area (Å²) in [6.45, 7) is 5.87. The molecule has 0 aliphatic carbocycles. The summed E-state index contributed by atoms with van der Waals surface area (Å²) in [4.78, 5) is 50.7. The van der Waals surface area contributed by atoms with Gasteiger partial charge in [-0.3, -0.25) is 9.59 Å². The van der Waals surface area contributed by atoms with Crippen LogP contribution in [0, 0.1) is 5.92 Å². The van der Waals surface area contributed by atoms with E-state index in [4.69, 9.17) is 18.9 Å². The molecule has 0 aromatic heterocycles. The predicted molar refractivity (Wildman–Crippen MR) is 118 cm³/mol. The first-order chi connectivity index (χ1) is 15.7. The topological polar surface area (TPSA) is 129 Å². The van der Waals surface area contributed by atoms with Gasteiger partial charge in [0, 0.05) is 11.4 Å². The number of methoxy groups -OCH3 is 1. The molecule has 0 saturated heterocycles. The van der Waals surface area contributed by atoms with Crippen molar-refractivity contribution in [3.8, 4) is 5.75 Å². The van der Waals surface area contributed by atoms with Gasteiger partial charge >= 0.3 is 17.9 Å². The van der Waals surface area contributed by atoms with Gasteiger partial charge in [0.05, 0.1) is 37.2 Å². The first-order valence-corrected chi connectivity index (χ1v) is 10.4. The zero-order valence-electron chi connectivity index (χ0n) is 19.3. The van der Waals surface area contributed by atoms with Gasteiger partial charge in [-0.2, -0.15) is 0 Å². The van der Waals surface area contributed by atoms with Gasteiger partial charge in [0.1, 0.15) is 11.7 Å². The average Bonchev–Trinajstić information content (AvgIpc) is 2.77. The van der Waals surface area contributed by atoms with Crippen molar-refractivity contribution in [2.24, 2.45) is 5.92 Å². The molecule has 33 heavy (non-hydrogen) atoms. The van der Waals surface area contributed by atoms with E-state index in [9.17, 15) is 19.2 Å². The van der Waals surface area contributed by atoms with Crippen LogP contribution >= 0.6 is 0 Å². The number of esters is 3. The van der Waals surface area contributed by atoms with E-state index in [0.717, 1.165) is 0 Å². The summed E-state index contributed by atoms with van der Waals surface area (Å²) >= 11 is 0. The second-order valence-corrected chi connectivity index (χ2v) is 6.93. The number of hydrogen-bond acceptors (Lipinski definition) is 9. The Labute approximate surface area is 191 Å². The van der Waals surface area contributed by atoms with Gasteiger partial charge < -0.3 is 29.6 Å². The Morgan fingerprint density at radius 2 is 1.45 bits per heavy atom. The van der Waals surface area contributed by atoms with Crippen LogP contribution in [0.4, 0.5) is 5.69 Å². The first kappa shape index (κ1) is 25.4. The lowest BCUT2D eigenvalue weighted by Gasteiger charge is -2.28. The molecule has 1 aliphatic heterocycles. The Morgan fingerprint density at radius 1 is 0.909 bits per heavy atom. The number of rotatable bonds is 9. The average molecular weight is 460 g/mol. The molecule has 2 rings (SSSR count). The van der Waals surface area contributed by atoms with Crippen LogP contribution in [0.5, 0.6) is 5.75 Å². The third-order valence-corrected chi connectivity index (χ3v) is 4.71. The normalized spacial score (nSPS) is 13.7. The highest BCUT2D eigenvalue weighted by atomic mass is 16.5. The summed E-state index contributed by atoms with van der Waals surface area (Å²) in [7, 11) is 1.46. The van der Waals surface area contributed by atoms with E-state index >= 15 is 0 Å². The monoisotopic (exact) mass is 460 g/mol. The fraction of sp³-hybridized carbons (Fsp3) is 0.391. The number of nitrogens with one attached hydrogen (secondary N) is 2. The minimum absolute atomic E-state index is 0.0656. The van der Waals surface area contributed by atoms with Gasteiger partial charge in [-0.05, 0) is 39.8 Å². The highest BCUT2D eigenvalue weighted by Gasteiger charge is 2.42. The zero-order valence-corrected chi connectivity index (χ0v) is 19.3. The van der Waals surface area contributed by atoms with Crippen LogP contribution in [0.1, 0.15) is 27.7 Å². The number of carbonyl (C=O) groups excluding carboxylic acids is 4. The maximum atomic E-state index is 13.1. The molecule has 0 saturated carbocycles. The molecule has 10 heteroatoms. The molecule has 1 aromatic carbocycles. The van der Waals surface area contributed by atoms with Crippen LogP contribution in [0.25, 0.3) is 0 Å². The largest absolute Gasteiger partial charge is 0.495 e. The molecular formula is C23H28N2O8.